The number of nitro benzene ring substituents is 1. The first-order chi connectivity index (χ1) is 10.9. The molecule has 0 saturated heterocycles. The van der Waals surface area contributed by atoms with Crippen LogP contribution in [0.3, 0.4) is 0 Å². The first-order valence-electron chi connectivity index (χ1n) is 6.56. The fraction of sp³-hybridized carbons (Fsp3) is 0.250. The molecule has 0 saturated carbocycles. The van der Waals surface area contributed by atoms with Gasteiger partial charge in [-0.1, -0.05) is 11.2 Å². The molecule has 1 aromatic carbocycles. The van der Waals surface area contributed by atoms with Crippen molar-refractivity contribution >= 4 is 34.9 Å². The lowest BCUT2D eigenvalue weighted by atomic mass is 10.1. The van der Waals surface area contributed by atoms with E-state index < -0.39 is 10.8 Å². The van der Waals surface area contributed by atoms with Gasteiger partial charge in [0.15, 0.2) is 5.11 Å². The number of carbonyl (C=O) groups excluding carboxylic acids is 1. The first-order valence-corrected chi connectivity index (χ1v) is 6.97. The number of anilines is 1. The molecule has 1 amide bonds. The average molecular weight is 335 g/mol. The Bertz CT molecular complexity index is 774. The van der Waals surface area contributed by atoms with Gasteiger partial charge in [0.05, 0.1) is 11.5 Å². The minimum Gasteiger partial charge on any atom is -0.299 e. The number of nitrogens with one attached hydrogen (secondary N) is 2. The third-order valence-corrected chi connectivity index (χ3v) is 3.14. The van der Waals surface area contributed by atoms with Gasteiger partial charge >= 0.3 is 0 Å². The zero-order valence-electron chi connectivity index (χ0n) is 12.3. The third-order valence-electron chi connectivity index (χ3n) is 2.93. The number of nitro groups is 1. The molecule has 0 aliphatic rings. The Morgan fingerprint density at radius 1 is 1.48 bits per heavy atom. The molecular formula is C12H13N7O3S. The molecule has 0 aliphatic heterocycles. The van der Waals surface area contributed by atoms with Gasteiger partial charge in [0.2, 0.25) is 0 Å². The van der Waals surface area contributed by atoms with Gasteiger partial charge in [-0.25, -0.2) is 0 Å². The van der Waals surface area contributed by atoms with Crippen LogP contribution in [-0.4, -0.2) is 36.2 Å². The highest BCUT2D eigenvalue weighted by atomic mass is 32.1. The van der Waals surface area contributed by atoms with Gasteiger partial charge in [-0.3, -0.25) is 25.5 Å². The van der Waals surface area contributed by atoms with Crippen LogP contribution >= 0.6 is 12.2 Å². The van der Waals surface area contributed by atoms with Crippen molar-refractivity contribution in [2.24, 2.45) is 0 Å². The third kappa shape index (κ3) is 3.83. The van der Waals surface area contributed by atoms with Crippen molar-refractivity contribution in [3.8, 4) is 0 Å². The van der Waals surface area contributed by atoms with E-state index in [1.54, 1.807) is 0 Å². The van der Waals surface area contributed by atoms with E-state index in [0.717, 1.165) is 0 Å². The summed E-state index contributed by atoms with van der Waals surface area (Å²) < 4.78 is 0. The Labute approximate surface area is 136 Å². The number of thiocarbonyl (C=S) groups is 1. The quantitative estimate of drug-likeness (QED) is 0.482. The zero-order valence-corrected chi connectivity index (χ0v) is 13.1. The summed E-state index contributed by atoms with van der Waals surface area (Å²) in [5.41, 5.74) is 0.283. The molecule has 0 atom stereocenters. The average Bonchev–Trinajstić information content (AvgIpc) is 2.94. The molecule has 2 aromatic rings. The molecular weight excluding hydrogens is 322 g/mol. The van der Waals surface area contributed by atoms with Crippen LogP contribution in [0.5, 0.6) is 0 Å². The standard InChI is InChI=1S/C12H13N7O3S/c1-3-18-16-11(15-17-18)14-12(23)13-10(20)8-5-4-6-9(7(8)2)19(21)22/h4-6H,3H2,1-2H3,(H2,13,14,16,20,23). The fourth-order valence-corrected chi connectivity index (χ4v) is 1.98. The molecule has 2 N–H and O–H groups in total. The van der Waals surface area contributed by atoms with Crippen LogP contribution in [0.4, 0.5) is 11.6 Å². The second kappa shape index (κ2) is 6.87. The molecule has 23 heavy (non-hydrogen) atoms. The Hall–Kier alpha value is -2.95. The van der Waals surface area contributed by atoms with Gasteiger partial charge in [0.1, 0.15) is 0 Å². The first kappa shape index (κ1) is 16.4. The number of tetrazole rings is 1. The second-order valence-corrected chi connectivity index (χ2v) is 4.82. The predicted octanol–water partition coefficient (Wildman–Crippen LogP) is 1.04. The Morgan fingerprint density at radius 2 is 2.22 bits per heavy atom. The van der Waals surface area contributed by atoms with E-state index in [1.807, 2.05) is 6.92 Å². The summed E-state index contributed by atoms with van der Waals surface area (Å²) in [5.74, 6) is -0.417. The topological polar surface area (TPSA) is 128 Å². The van der Waals surface area contributed by atoms with Crippen molar-refractivity contribution in [3.05, 3.63) is 39.4 Å². The SMILES string of the molecule is CCn1nnc(NC(=S)NC(=O)c2cccc([N+](=O)[O-])c2C)n1. The molecule has 2 rings (SSSR count). The number of rotatable bonds is 4. The number of aromatic nitrogens is 4. The van der Waals surface area contributed by atoms with Crippen molar-refractivity contribution < 1.29 is 9.72 Å². The highest BCUT2D eigenvalue weighted by molar-refractivity contribution is 7.80. The van der Waals surface area contributed by atoms with Crippen molar-refractivity contribution in [1.82, 2.24) is 25.5 Å². The second-order valence-electron chi connectivity index (χ2n) is 4.42. The molecule has 0 unspecified atom stereocenters. The Kier molecular flexibility index (Phi) is 4.91. The lowest BCUT2D eigenvalue weighted by Gasteiger charge is -2.08. The molecule has 0 bridgehead atoms. The number of amides is 1. The summed E-state index contributed by atoms with van der Waals surface area (Å²) >= 11 is 4.99. The predicted molar refractivity (Wildman–Crippen MR) is 85.0 cm³/mol. The van der Waals surface area contributed by atoms with Crippen molar-refractivity contribution in [2.45, 2.75) is 20.4 Å². The molecule has 1 aromatic heterocycles. The highest BCUT2D eigenvalue weighted by Gasteiger charge is 2.18. The molecule has 0 radical (unpaired) electrons. The van der Waals surface area contributed by atoms with E-state index in [1.165, 1.54) is 29.9 Å². The van der Waals surface area contributed by atoms with Crippen LogP contribution in [0.1, 0.15) is 22.8 Å². The Morgan fingerprint density at radius 3 is 2.83 bits per heavy atom. The summed E-state index contributed by atoms with van der Waals surface area (Å²) in [7, 11) is 0. The van der Waals surface area contributed by atoms with Gasteiger partial charge in [-0.15, -0.1) is 5.10 Å². The van der Waals surface area contributed by atoms with Crippen molar-refractivity contribution in [3.63, 3.8) is 0 Å². The molecule has 11 heteroatoms. The van der Waals surface area contributed by atoms with E-state index >= 15 is 0 Å². The zero-order chi connectivity index (χ0) is 17.0. The van der Waals surface area contributed by atoms with Crippen LogP contribution in [0.2, 0.25) is 0 Å². The van der Waals surface area contributed by atoms with E-state index in [2.05, 4.69) is 26.0 Å². The van der Waals surface area contributed by atoms with Gasteiger partial charge in [0, 0.05) is 17.2 Å². The van der Waals surface area contributed by atoms with Crippen LogP contribution < -0.4 is 10.6 Å². The van der Waals surface area contributed by atoms with E-state index in [9.17, 15) is 14.9 Å². The molecule has 0 aliphatic carbocycles. The maximum absolute atomic E-state index is 12.2. The number of hydrogen-bond acceptors (Lipinski definition) is 7. The number of carbonyl (C=O) groups is 1. The van der Waals surface area contributed by atoms with Crippen LogP contribution in [0, 0.1) is 17.0 Å². The largest absolute Gasteiger partial charge is 0.299 e. The van der Waals surface area contributed by atoms with Crippen molar-refractivity contribution in [2.75, 3.05) is 5.32 Å². The molecule has 120 valence electrons. The van der Waals surface area contributed by atoms with Gasteiger partial charge < -0.3 is 0 Å². The van der Waals surface area contributed by atoms with Gasteiger partial charge in [-0.05, 0) is 37.3 Å². The summed E-state index contributed by atoms with van der Waals surface area (Å²) in [6.45, 7) is 3.88. The monoisotopic (exact) mass is 335 g/mol. The Balaban J connectivity index is 2.08. The summed E-state index contributed by atoms with van der Waals surface area (Å²) in [4.78, 5) is 23.9. The van der Waals surface area contributed by atoms with Crippen molar-refractivity contribution in [1.29, 1.82) is 0 Å². The molecule has 0 spiro atoms. The smallest absolute Gasteiger partial charge is 0.273 e. The van der Waals surface area contributed by atoms with E-state index in [0.29, 0.717) is 6.54 Å². The van der Waals surface area contributed by atoms with Crippen LogP contribution in [0.25, 0.3) is 0 Å². The van der Waals surface area contributed by atoms with Crippen LogP contribution in [-0.2, 0) is 6.54 Å². The van der Waals surface area contributed by atoms with Gasteiger partial charge in [0.25, 0.3) is 17.5 Å². The molecule has 1 heterocycles. The van der Waals surface area contributed by atoms with Crippen LogP contribution in [0.15, 0.2) is 18.2 Å². The lowest BCUT2D eigenvalue weighted by molar-refractivity contribution is -0.385. The minimum absolute atomic E-state index is 0.0310. The molecule has 10 nitrogen and oxygen atoms in total. The number of hydrogen-bond donors (Lipinski definition) is 2. The van der Waals surface area contributed by atoms with E-state index in [-0.39, 0.29) is 27.9 Å². The van der Waals surface area contributed by atoms with Gasteiger partial charge in [-0.2, -0.15) is 4.80 Å². The fourth-order valence-electron chi connectivity index (χ4n) is 1.80. The summed E-state index contributed by atoms with van der Waals surface area (Å²) in [6.07, 6.45) is 0. The lowest BCUT2D eigenvalue weighted by Crippen LogP contribution is -2.34. The number of benzene rings is 1. The summed E-state index contributed by atoms with van der Waals surface area (Å²) in [5, 5.41) is 27.3. The molecule has 0 fully saturated rings. The number of aryl methyl sites for hydroxylation is 1. The minimum atomic E-state index is -0.563. The highest BCUT2D eigenvalue weighted by Crippen LogP contribution is 2.20. The van der Waals surface area contributed by atoms with E-state index in [4.69, 9.17) is 12.2 Å². The normalized spacial score (nSPS) is 10.2. The number of nitrogens with zero attached hydrogens (tertiary/aromatic N) is 5. The maximum Gasteiger partial charge on any atom is 0.273 e. The summed E-state index contributed by atoms with van der Waals surface area (Å²) in [6, 6.07) is 4.24. The maximum atomic E-state index is 12.2.